The summed E-state index contributed by atoms with van der Waals surface area (Å²) in [4.78, 5) is 0. The molecule has 0 spiro atoms. The van der Waals surface area contributed by atoms with Crippen molar-refractivity contribution in [3.05, 3.63) is 0 Å². The van der Waals surface area contributed by atoms with Gasteiger partial charge in [0.25, 0.3) is 0 Å². The molecule has 0 radical (unpaired) electrons. The lowest BCUT2D eigenvalue weighted by Crippen LogP contribution is -2.43. The van der Waals surface area contributed by atoms with Crippen LogP contribution in [0.4, 0.5) is 0 Å². The predicted molar refractivity (Wildman–Crippen MR) is 71.7 cm³/mol. The maximum Gasteiger partial charge on any atom is 0.0897 e. The van der Waals surface area contributed by atoms with Gasteiger partial charge in [0.15, 0.2) is 0 Å². The number of ether oxygens (including phenoxy) is 2. The highest BCUT2D eigenvalue weighted by atomic mass is 16.5. The minimum absolute atomic E-state index is 0.0205. The maximum absolute atomic E-state index is 10.0. The third kappa shape index (κ3) is 8.00. The Morgan fingerprint density at radius 3 is 2.33 bits per heavy atom. The summed E-state index contributed by atoms with van der Waals surface area (Å²) in [5.41, 5.74) is -0.677. The van der Waals surface area contributed by atoms with Gasteiger partial charge in [-0.3, -0.25) is 0 Å². The molecule has 0 aliphatic rings. The van der Waals surface area contributed by atoms with Gasteiger partial charge in [-0.2, -0.15) is 0 Å². The topological polar surface area (TPSA) is 71.0 Å². The Morgan fingerprint density at radius 1 is 1.22 bits per heavy atom. The van der Waals surface area contributed by atoms with Crippen LogP contribution in [0.25, 0.3) is 0 Å². The minimum Gasteiger partial charge on any atom is -0.389 e. The van der Waals surface area contributed by atoms with Gasteiger partial charge in [0.1, 0.15) is 0 Å². The van der Waals surface area contributed by atoms with Crippen molar-refractivity contribution in [2.45, 2.75) is 51.4 Å². The lowest BCUT2D eigenvalue weighted by atomic mass is 9.97. The summed E-state index contributed by atoms with van der Waals surface area (Å²) >= 11 is 0. The SMILES string of the molecule is CCC(O)(CC)CNCC(O)COC(C)COC. The second-order valence-electron chi connectivity index (χ2n) is 4.82. The van der Waals surface area contributed by atoms with Crippen molar-refractivity contribution >= 4 is 0 Å². The van der Waals surface area contributed by atoms with E-state index in [-0.39, 0.29) is 12.7 Å². The summed E-state index contributed by atoms with van der Waals surface area (Å²) in [6, 6.07) is 0. The molecule has 110 valence electrons. The van der Waals surface area contributed by atoms with Crippen molar-refractivity contribution in [2.24, 2.45) is 0 Å². The zero-order valence-corrected chi connectivity index (χ0v) is 12.1. The lowest BCUT2D eigenvalue weighted by molar-refractivity contribution is -0.0333. The van der Waals surface area contributed by atoms with Crippen LogP contribution in [0.3, 0.4) is 0 Å². The summed E-state index contributed by atoms with van der Waals surface area (Å²) in [6.07, 6.45) is 0.817. The molecule has 0 saturated heterocycles. The quantitative estimate of drug-likeness (QED) is 0.507. The van der Waals surface area contributed by atoms with E-state index in [2.05, 4.69) is 5.32 Å². The average Bonchev–Trinajstić information content (AvgIpc) is 2.36. The first-order valence-electron chi connectivity index (χ1n) is 6.69. The smallest absolute Gasteiger partial charge is 0.0897 e. The maximum atomic E-state index is 10.0. The standard InChI is InChI=1S/C13H29NO4/c1-5-13(16,6-2)10-14-7-12(15)9-18-11(3)8-17-4/h11-12,14-16H,5-10H2,1-4H3. The van der Waals surface area contributed by atoms with E-state index in [1.807, 2.05) is 20.8 Å². The molecule has 5 heteroatoms. The molecule has 0 aliphatic carbocycles. The van der Waals surface area contributed by atoms with Crippen LogP contribution in [0.2, 0.25) is 0 Å². The van der Waals surface area contributed by atoms with Gasteiger partial charge < -0.3 is 25.0 Å². The molecule has 0 rings (SSSR count). The minimum atomic E-state index is -0.677. The van der Waals surface area contributed by atoms with Gasteiger partial charge in [0.05, 0.1) is 31.0 Å². The van der Waals surface area contributed by atoms with E-state index in [0.717, 1.165) is 0 Å². The highest BCUT2D eigenvalue weighted by Crippen LogP contribution is 2.12. The molecular formula is C13H29NO4. The number of aliphatic hydroxyl groups is 2. The van der Waals surface area contributed by atoms with Crippen molar-refractivity contribution < 1.29 is 19.7 Å². The number of aliphatic hydroxyl groups excluding tert-OH is 1. The second kappa shape index (κ2) is 9.69. The summed E-state index contributed by atoms with van der Waals surface area (Å²) in [5.74, 6) is 0. The molecule has 0 heterocycles. The van der Waals surface area contributed by atoms with Crippen LogP contribution in [0, 0.1) is 0 Å². The van der Waals surface area contributed by atoms with Crippen molar-refractivity contribution in [3.8, 4) is 0 Å². The average molecular weight is 263 g/mol. The Bertz CT molecular complexity index is 197. The molecule has 18 heavy (non-hydrogen) atoms. The van der Waals surface area contributed by atoms with E-state index in [9.17, 15) is 10.2 Å². The van der Waals surface area contributed by atoms with Crippen LogP contribution >= 0.6 is 0 Å². The molecular weight excluding hydrogens is 234 g/mol. The molecule has 0 amide bonds. The van der Waals surface area contributed by atoms with Gasteiger partial charge in [0, 0.05) is 20.2 Å². The number of nitrogens with one attached hydrogen (secondary N) is 1. The predicted octanol–water partition coefficient (Wildman–Crippen LogP) is 0.540. The number of hydrogen-bond acceptors (Lipinski definition) is 5. The Morgan fingerprint density at radius 2 is 1.83 bits per heavy atom. The number of hydrogen-bond donors (Lipinski definition) is 3. The van der Waals surface area contributed by atoms with Crippen LogP contribution in [0.5, 0.6) is 0 Å². The Labute approximate surface area is 110 Å². The molecule has 0 aromatic carbocycles. The van der Waals surface area contributed by atoms with Crippen LogP contribution in [-0.2, 0) is 9.47 Å². The molecule has 2 unspecified atom stereocenters. The molecule has 3 N–H and O–H groups in total. The van der Waals surface area contributed by atoms with E-state index in [1.165, 1.54) is 0 Å². The van der Waals surface area contributed by atoms with E-state index >= 15 is 0 Å². The zero-order valence-electron chi connectivity index (χ0n) is 12.1. The fraction of sp³-hybridized carbons (Fsp3) is 1.00. The second-order valence-corrected chi connectivity index (χ2v) is 4.82. The van der Waals surface area contributed by atoms with Gasteiger partial charge >= 0.3 is 0 Å². The summed E-state index contributed by atoms with van der Waals surface area (Å²) in [5, 5.41) is 22.8. The Balaban J connectivity index is 3.67. The highest BCUT2D eigenvalue weighted by molar-refractivity contribution is 4.78. The van der Waals surface area contributed by atoms with Crippen LogP contribution in [0.15, 0.2) is 0 Å². The van der Waals surface area contributed by atoms with Crippen molar-refractivity contribution in [3.63, 3.8) is 0 Å². The third-order valence-electron chi connectivity index (χ3n) is 3.12. The van der Waals surface area contributed by atoms with Crippen LogP contribution in [0.1, 0.15) is 33.6 Å². The van der Waals surface area contributed by atoms with Gasteiger partial charge in [-0.05, 0) is 19.8 Å². The van der Waals surface area contributed by atoms with E-state index in [0.29, 0.717) is 32.5 Å². The molecule has 0 aromatic rings. The zero-order chi connectivity index (χ0) is 14.0. The highest BCUT2D eigenvalue weighted by Gasteiger charge is 2.21. The first-order chi connectivity index (χ1) is 8.47. The third-order valence-corrected chi connectivity index (χ3v) is 3.12. The fourth-order valence-corrected chi connectivity index (χ4v) is 1.59. The number of rotatable bonds is 11. The lowest BCUT2D eigenvalue weighted by Gasteiger charge is -2.26. The monoisotopic (exact) mass is 263 g/mol. The van der Waals surface area contributed by atoms with Crippen LogP contribution < -0.4 is 5.32 Å². The molecule has 0 aliphatic heterocycles. The van der Waals surface area contributed by atoms with Crippen molar-refractivity contribution in [1.82, 2.24) is 5.32 Å². The van der Waals surface area contributed by atoms with E-state index in [4.69, 9.17) is 9.47 Å². The first kappa shape index (κ1) is 17.8. The largest absolute Gasteiger partial charge is 0.389 e. The van der Waals surface area contributed by atoms with Crippen LogP contribution in [-0.4, -0.2) is 61.4 Å². The molecule has 0 aromatic heterocycles. The molecule has 2 atom stereocenters. The molecule has 0 saturated carbocycles. The Kier molecular flexibility index (Phi) is 9.59. The van der Waals surface area contributed by atoms with Gasteiger partial charge in [-0.25, -0.2) is 0 Å². The normalized spacial score (nSPS) is 15.7. The van der Waals surface area contributed by atoms with Gasteiger partial charge in [0.2, 0.25) is 0 Å². The number of methoxy groups -OCH3 is 1. The van der Waals surface area contributed by atoms with Crippen molar-refractivity contribution in [2.75, 3.05) is 33.4 Å². The molecule has 0 fully saturated rings. The fourth-order valence-electron chi connectivity index (χ4n) is 1.59. The van der Waals surface area contributed by atoms with Gasteiger partial charge in [-0.1, -0.05) is 13.8 Å². The van der Waals surface area contributed by atoms with E-state index in [1.54, 1.807) is 7.11 Å². The summed E-state index contributed by atoms with van der Waals surface area (Å²) in [7, 11) is 1.62. The summed E-state index contributed by atoms with van der Waals surface area (Å²) in [6.45, 7) is 7.51. The van der Waals surface area contributed by atoms with E-state index < -0.39 is 11.7 Å². The molecule has 5 nitrogen and oxygen atoms in total. The Hall–Kier alpha value is -0.200. The molecule has 0 bridgehead atoms. The summed E-state index contributed by atoms with van der Waals surface area (Å²) < 4.78 is 10.3. The first-order valence-corrected chi connectivity index (χ1v) is 6.69. The van der Waals surface area contributed by atoms with Crippen molar-refractivity contribution in [1.29, 1.82) is 0 Å². The van der Waals surface area contributed by atoms with Gasteiger partial charge in [-0.15, -0.1) is 0 Å².